The Morgan fingerprint density at radius 3 is 2.81 bits per heavy atom. The Morgan fingerprint density at radius 1 is 1.19 bits per heavy atom. The fraction of sp³-hybridized carbons (Fsp3) is 0.222. The van der Waals surface area contributed by atoms with Crippen LogP contribution in [0.25, 0.3) is 0 Å². The minimum absolute atomic E-state index is 0.0322. The predicted molar refractivity (Wildman–Crippen MR) is 90.6 cm³/mol. The van der Waals surface area contributed by atoms with Gasteiger partial charge in [0.15, 0.2) is 6.61 Å². The third-order valence-corrected chi connectivity index (χ3v) is 3.72. The van der Waals surface area contributed by atoms with Crippen LogP contribution in [-0.2, 0) is 16.0 Å². The average Bonchev–Trinajstić information content (AvgIpc) is 2.61. The molecular weight excluding hydrogens is 346 g/mol. The largest absolute Gasteiger partial charge is 0.484 e. The van der Waals surface area contributed by atoms with Crippen LogP contribution in [0.4, 0.5) is 20.2 Å². The monoisotopic (exact) mass is 362 g/mol. The number of para-hydroxylation sites is 2. The first-order valence-electron chi connectivity index (χ1n) is 7.90. The molecule has 2 amide bonds. The van der Waals surface area contributed by atoms with Gasteiger partial charge in [-0.25, -0.2) is 0 Å². The normalized spacial score (nSPS) is 13.0. The lowest BCUT2D eigenvalue weighted by atomic mass is 10.0. The first-order chi connectivity index (χ1) is 12.5. The highest BCUT2D eigenvalue weighted by Crippen LogP contribution is 2.27. The van der Waals surface area contributed by atoms with Gasteiger partial charge in [-0.05, 0) is 42.3 Å². The van der Waals surface area contributed by atoms with Crippen molar-refractivity contribution in [1.82, 2.24) is 0 Å². The number of aryl methyl sites for hydroxylation is 1. The molecule has 2 aromatic carbocycles. The van der Waals surface area contributed by atoms with Crippen LogP contribution in [0.1, 0.15) is 12.0 Å². The van der Waals surface area contributed by atoms with Crippen LogP contribution in [-0.4, -0.2) is 25.0 Å². The standard InChI is InChI=1S/C18H16F2N2O4/c19-18(20)26-15-4-2-1-3-14(15)22-17(24)10-25-12-6-7-13-11(9-12)5-8-16(23)21-13/h1-4,6-7,9,18H,5,8,10H2,(H,21,23)(H,22,24). The van der Waals surface area contributed by atoms with Gasteiger partial charge < -0.3 is 20.1 Å². The van der Waals surface area contributed by atoms with E-state index in [4.69, 9.17) is 4.74 Å². The quantitative estimate of drug-likeness (QED) is 0.827. The second kappa shape index (κ2) is 7.81. The molecule has 0 unspecified atom stereocenters. The number of amides is 2. The first-order valence-corrected chi connectivity index (χ1v) is 7.90. The van der Waals surface area contributed by atoms with Crippen LogP contribution >= 0.6 is 0 Å². The zero-order valence-corrected chi connectivity index (χ0v) is 13.6. The average molecular weight is 362 g/mol. The number of carbonyl (C=O) groups is 2. The molecule has 136 valence electrons. The molecule has 6 nitrogen and oxygen atoms in total. The van der Waals surface area contributed by atoms with Crippen molar-refractivity contribution < 1.29 is 27.8 Å². The van der Waals surface area contributed by atoms with E-state index in [0.717, 1.165) is 11.3 Å². The predicted octanol–water partition coefficient (Wildman–Crippen LogP) is 3.19. The van der Waals surface area contributed by atoms with Crippen molar-refractivity contribution in [2.45, 2.75) is 19.5 Å². The van der Waals surface area contributed by atoms with E-state index < -0.39 is 12.5 Å². The Balaban J connectivity index is 1.59. The van der Waals surface area contributed by atoms with E-state index in [2.05, 4.69) is 15.4 Å². The van der Waals surface area contributed by atoms with E-state index in [1.54, 1.807) is 24.3 Å². The van der Waals surface area contributed by atoms with Crippen LogP contribution in [0.2, 0.25) is 0 Å². The molecule has 0 fully saturated rings. The van der Waals surface area contributed by atoms with E-state index in [-0.39, 0.29) is 24.0 Å². The number of fused-ring (bicyclic) bond motifs is 1. The number of carbonyl (C=O) groups excluding carboxylic acids is 2. The molecule has 0 aliphatic carbocycles. The zero-order chi connectivity index (χ0) is 18.5. The summed E-state index contributed by atoms with van der Waals surface area (Å²) in [5.74, 6) is -0.191. The van der Waals surface area contributed by atoms with E-state index in [0.29, 0.717) is 18.6 Å². The maximum Gasteiger partial charge on any atom is 0.387 e. The van der Waals surface area contributed by atoms with Crippen molar-refractivity contribution >= 4 is 23.2 Å². The molecule has 2 aromatic rings. The maximum absolute atomic E-state index is 12.4. The summed E-state index contributed by atoms with van der Waals surface area (Å²) in [6, 6.07) is 11.0. The van der Waals surface area contributed by atoms with Gasteiger partial charge >= 0.3 is 6.61 Å². The fourth-order valence-corrected chi connectivity index (χ4v) is 2.55. The number of rotatable bonds is 6. The van der Waals surface area contributed by atoms with Gasteiger partial charge in [0.1, 0.15) is 11.5 Å². The second-order valence-electron chi connectivity index (χ2n) is 5.58. The van der Waals surface area contributed by atoms with Gasteiger partial charge in [0.05, 0.1) is 5.69 Å². The Kier molecular flexibility index (Phi) is 5.31. The first kappa shape index (κ1) is 17.7. The minimum atomic E-state index is -2.99. The summed E-state index contributed by atoms with van der Waals surface area (Å²) in [7, 11) is 0. The number of alkyl halides is 2. The van der Waals surface area contributed by atoms with Gasteiger partial charge in [0, 0.05) is 12.1 Å². The van der Waals surface area contributed by atoms with E-state index >= 15 is 0 Å². The van der Waals surface area contributed by atoms with Crippen LogP contribution in [0.5, 0.6) is 11.5 Å². The number of ether oxygens (including phenoxy) is 2. The summed E-state index contributed by atoms with van der Waals surface area (Å²) < 4.78 is 34.6. The number of halogens is 2. The Morgan fingerprint density at radius 2 is 2.00 bits per heavy atom. The van der Waals surface area contributed by atoms with Crippen LogP contribution in [0.3, 0.4) is 0 Å². The Labute approximate surface area is 148 Å². The lowest BCUT2D eigenvalue weighted by Gasteiger charge is -2.17. The van der Waals surface area contributed by atoms with E-state index in [1.165, 1.54) is 18.2 Å². The molecule has 1 aliphatic heterocycles. The van der Waals surface area contributed by atoms with Gasteiger partial charge in [-0.3, -0.25) is 9.59 Å². The smallest absolute Gasteiger partial charge is 0.387 e. The molecule has 2 N–H and O–H groups in total. The highest BCUT2D eigenvalue weighted by Gasteiger charge is 2.16. The molecular formula is C18H16F2N2O4. The minimum Gasteiger partial charge on any atom is -0.484 e. The maximum atomic E-state index is 12.4. The van der Waals surface area contributed by atoms with Crippen molar-refractivity contribution in [3.8, 4) is 11.5 Å². The van der Waals surface area contributed by atoms with Crippen molar-refractivity contribution in [3.05, 3.63) is 48.0 Å². The van der Waals surface area contributed by atoms with Crippen molar-refractivity contribution in [1.29, 1.82) is 0 Å². The third kappa shape index (κ3) is 4.47. The second-order valence-corrected chi connectivity index (χ2v) is 5.58. The lowest BCUT2D eigenvalue weighted by Crippen LogP contribution is -2.21. The summed E-state index contributed by atoms with van der Waals surface area (Å²) in [5.41, 5.74) is 1.80. The van der Waals surface area contributed by atoms with Crippen molar-refractivity contribution in [3.63, 3.8) is 0 Å². The van der Waals surface area contributed by atoms with Gasteiger partial charge in [-0.15, -0.1) is 0 Å². The molecule has 0 spiro atoms. The van der Waals surface area contributed by atoms with Gasteiger partial charge in [-0.2, -0.15) is 8.78 Å². The number of hydrogen-bond donors (Lipinski definition) is 2. The fourth-order valence-electron chi connectivity index (χ4n) is 2.55. The van der Waals surface area contributed by atoms with Gasteiger partial charge in [0.25, 0.3) is 5.91 Å². The van der Waals surface area contributed by atoms with E-state index in [1.807, 2.05) is 0 Å². The summed E-state index contributed by atoms with van der Waals surface area (Å²) in [5, 5.41) is 5.23. The van der Waals surface area contributed by atoms with Crippen LogP contribution in [0.15, 0.2) is 42.5 Å². The Hall–Kier alpha value is -3.16. The molecule has 0 atom stereocenters. The number of benzene rings is 2. The van der Waals surface area contributed by atoms with Crippen molar-refractivity contribution in [2.75, 3.05) is 17.2 Å². The summed E-state index contributed by atoms with van der Waals surface area (Å²) in [4.78, 5) is 23.4. The van der Waals surface area contributed by atoms with Crippen molar-refractivity contribution in [2.24, 2.45) is 0 Å². The lowest BCUT2D eigenvalue weighted by molar-refractivity contribution is -0.118. The van der Waals surface area contributed by atoms with Gasteiger partial charge in [0.2, 0.25) is 5.91 Å². The number of nitrogens with one attached hydrogen (secondary N) is 2. The topological polar surface area (TPSA) is 76.7 Å². The number of anilines is 2. The van der Waals surface area contributed by atoms with Crippen LogP contribution in [0, 0.1) is 0 Å². The van der Waals surface area contributed by atoms with E-state index in [9.17, 15) is 18.4 Å². The molecule has 0 saturated heterocycles. The molecule has 0 saturated carbocycles. The van der Waals surface area contributed by atoms with Gasteiger partial charge in [-0.1, -0.05) is 12.1 Å². The van der Waals surface area contributed by atoms with Crippen LogP contribution < -0.4 is 20.1 Å². The Bertz CT molecular complexity index is 827. The summed E-state index contributed by atoms with van der Waals surface area (Å²) in [6.45, 7) is -3.28. The SMILES string of the molecule is O=C1CCc2cc(OCC(=O)Nc3ccccc3OC(F)F)ccc2N1. The molecule has 3 rings (SSSR count). The summed E-state index contributed by atoms with van der Waals surface area (Å²) in [6.07, 6.45) is 1.00. The third-order valence-electron chi connectivity index (χ3n) is 3.72. The molecule has 1 heterocycles. The molecule has 0 radical (unpaired) electrons. The summed E-state index contributed by atoms with van der Waals surface area (Å²) >= 11 is 0. The number of hydrogen-bond acceptors (Lipinski definition) is 4. The molecule has 26 heavy (non-hydrogen) atoms. The zero-order valence-electron chi connectivity index (χ0n) is 13.6. The highest BCUT2D eigenvalue weighted by molar-refractivity contribution is 5.94. The molecule has 8 heteroatoms. The molecule has 1 aliphatic rings. The molecule has 0 aromatic heterocycles. The molecule has 0 bridgehead atoms. The highest BCUT2D eigenvalue weighted by atomic mass is 19.3.